The van der Waals surface area contributed by atoms with Crippen molar-refractivity contribution in [2.45, 2.75) is 25.2 Å². The van der Waals surface area contributed by atoms with E-state index in [1.165, 1.54) is 24.1 Å². The van der Waals surface area contributed by atoms with Crippen LogP contribution >= 0.6 is 0 Å². The van der Waals surface area contributed by atoms with Crippen LogP contribution in [0.4, 0.5) is 11.4 Å². The van der Waals surface area contributed by atoms with Gasteiger partial charge in [-0.1, -0.05) is 18.2 Å². The summed E-state index contributed by atoms with van der Waals surface area (Å²) >= 11 is 0. The number of piperazine rings is 1. The number of hydrogen-bond acceptors (Lipinski definition) is 4. The van der Waals surface area contributed by atoms with Crippen molar-refractivity contribution >= 4 is 17.2 Å². The van der Waals surface area contributed by atoms with Crippen molar-refractivity contribution in [2.75, 3.05) is 36.8 Å². The van der Waals surface area contributed by atoms with E-state index in [1.54, 1.807) is 0 Å². The minimum Gasteiger partial charge on any atom is -0.398 e. The molecule has 0 bridgehead atoms. The number of nitrogen functional groups attached to an aromatic ring is 1. The number of carbonyl (C=O) groups excluding carboxylic acids is 1. The fourth-order valence-electron chi connectivity index (χ4n) is 3.62. The van der Waals surface area contributed by atoms with Crippen LogP contribution in [0.3, 0.4) is 0 Å². The average molecular weight is 335 g/mol. The molecule has 0 spiro atoms. The predicted octanol–water partition coefficient (Wildman–Crippen LogP) is 2.98. The Morgan fingerprint density at radius 3 is 2.60 bits per heavy atom. The Morgan fingerprint density at radius 2 is 1.88 bits per heavy atom. The van der Waals surface area contributed by atoms with Crippen molar-refractivity contribution in [3.63, 3.8) is 0 Å². The number of hydrogen-bond donors (Lipinski definition) is 2. The molecule has 1 saturated carbocycles. The first kappa shape index (κ1) is 16.2. The van der Waals surface area contributed by atoms with Gasteiger partial charge in [0.1, 0.15) is 0 Å². The van der Waals surface area contributed by atoms with E-state index in [0.717, 1.165) is 37.3 Å². The van der Waals surface area contributed by atoms with Crippen LogP contribution in [0.15, 0.2) is 42.5 Å². The highest BCUT2D eigenvalue weighted by Crippen LogP contribution is 2.43. The minimum atomic E-state index is 0.173. The maximum Gasteiger partial charge on any atom is 0.167 e. The van der Waals surface area contributed by atoms with Gasteiger partial charge in [0, 0.05) is 49.5 Å². The van der Waals surface area contributed by atoms with E-state index < -0.39 is 0 Å². The summed E-state index contributed by atoms with van der Waals surface area (Å²) in [4.78, 5) is 15.3. The van der Waals surface area contributed by atoms with Crippen molar-refractivity contribution in [3.05, 3.63) is 59.2 Å². The summed E-state index contributed by atoms with van der Waals surface area (Å²) in [5.74, 6) is 0.724. The smallest absolute Gasteiger partial charge is 0.167 e. The molecule has 1 aliphatic heterocycles. The van der Waals surface area contributed by atoms with E-state index in [9.17, 15) is 4.79 Å². The Morgan fingerprint density at radius 1 is 1.12 bits per heavy atom. The lowest BCUT2D eigenvalue weighted by molar-refractivity contribution is 0.0992. The van der Waals surface area contributed by atoms with Gasteiger partial charge in [-0.25, -0.2) is 0 Å². The molecule has 0 unspecified atom stereocenters. The summed E-state index contributed by atoms with van der Waals surface area (Å²) in [5.41, 5.74) is 11.0. The third-order valence-corrected chi connectivity index (χ3v) is 5.24. The number of rotatable bonds is 5. The Labute approximate surface area is 149 Å². The molecule has 1 saturated heterocycles. The minimum absolute atomic E-state index is 0.173. The van der Waals surface area contributed by atoms with Gasteiger partial charge in [0.05, 0.1) is 0 Å². The summed E-state index contributed by atoms with van der Waals surface area (Å²) in [6, 6.07) is 14.0. The second kappa shape index (κ2) is 6.89. The highest BCUT2D eigenvalue weighted by atomic mass is 16.1. The van der Waals surface area contributed by atoms with Crippen LogP contribution in [0.25, 0.3) is 0 Å². The number of carbonyl (C=O) groups is 1. The van der Waals surface area contributed by atoms with Gasteiger partial charge in [0.2, 0.25) is 0 Å². The zero-order valence-corrected chi connectivity index (χ0v) is 14.5. The van der Waals surface area contributed by atoms with Crippen LogP contribution in [0.2, 0.25) is 0 Å². The van der Waals surface area contributed by atoms with Gasteiger partial charge in [-0.2, -0.15) is 0 Å². The molecule has 2 aromatic carbocycles. The monoisotopic (exact) mass is 335 g/mol. The third kappa shape index (κ3) is 3.54. The molecular weight excluding hydrogens is 310 g/mol. The van der Waals surface area contributed by atoms with E-state index in [4.69, 9.17) is 5.73 Å². The number of anilines is 2. The lowest BCUT2D eigenvalue weighted by Crippen LogP contribution is -2.43. The van der Waals surface area contributed by atoms with Crippen LogP contribution in [-0.4, -0.2) is 32.0 Å². The van der Waals surface area contributed by atoms with Gasteiger partial charge in [0.15, 0.2) is 5.78 Å². The number of nitrogens with zero attached hydrogens (tertiary/aromatic N) is 1. The van der Waals surface area contributed by atoms with Crippen molar-refractivity contribution in [2.24, 2.45) is 0 Å². The van der Waals surface area contributed by atoms with Crippen LogP contribution < -0.4 is 16.0 Å². The quantitative estimate of drug-likeness (QED) is 0.651. The molecule has 0 radical (unpaired) electrons. The molecule has 0 amide bonds. The lowest BCUT2D eigenvalue weighted by Gasteiger charge is -2.30. The maximum atomic E-state index is 12.9. The molecule has 3 N–H and O–H groups in total. The zero-order chi connectivity index (χ0) is 17.2. The molecule has 4 heteroatoms. The van der Waals surface area contributed by atoms with Gasteiger partial charge in [-0.05, 0) is 54.2 Å². The van der Waals surface area contributed by atoms with Crippen molar-refractivity contribution in [1.82, 2.24) is 5.32 Å². The van der Waals surface area contributed by atoms with Crippen LogP contribution in [-0.2, 0) is 6.42 Å². The summed E-state index contributed by atoms with van der Waals surface area (Å²) in [5, 5.41) is 3.39. The molecule has 0 atom stereocenters. The molecule has 130 valence electrons. The molecule has 2 aromatic rings. The zero-order valence-electron chi connectivity index (χ0n) is 14.5. The topological polar surface area (TPSA) is 58.4 Å². The van der Waals surface area contributed by atoms with Crippen molar-refractivity contribution < 1.29 is 4.79 Å². The standard InChI is InChI=1S/C21H25N3O/c22-20-4-2-1-3-16(20)13-21(25)18-8-7-17(14-19(18)15-5-6-15)24-11-9-23-10-12-24/h1-4,7-8,14-15,23H,5-6,9-13,22H2. The average Bonchev–Trinajstić information content (AvgIpc) is 3.49. The molecule has 25 heavy (non-hydrogen) atoms. The summed E-state index contributed by atoms with van der Waals surface area (Å²) in [6.45, 7) is 4.09. The largest absolute Gasteiger partial charge is 0.398 e. The van der Waals surface area contributed by atoms with E-state index in [-0.39, 0.29) is 5.78 Å². The van der Waals surface area contributed by atoms with Crippen molar-refractivity contribution in [3.8, 4) is 0 Å². The molecule has 0 aromatic heterocycles. The first-order chi connectivity index (χ1) is 12.2. The SMILES string of the molecule is Nc1ccccc1CC(=O)c1ccc(N2CCNCC2)cc1C1CC1. The second-order valence-electron chi connectivity index (χ2n) is 7.08. The van der Waals surface area contributed by atoms with E-state index >= 15 is 0 Å². The molecule has 4 rings (SSSR count). The molecular formula is C21H25N3O. The molecule has 2 fully saturated rings. The predicted molar refractivity (Wildman–Crippen MR) is 102 cm³/mol. The number of nitrogens with one attached hydrogen (secondary N) is 1. The Kier molecular flexibility index (Phi) is 4.45. The van der Waals surface area contributed by atoms with Crippen molar-refractivity contribution in [1.29, 1.82) is 0 Å². The Balaban J connectivity index is 1.60. The fraction of sp³-hybridized carbons (Fsp3) is 0.381. The van der Waals surface area contributed by atoms with Crippen LogP contribution in [0.1, 0.15) is 40.2 Å². The number of ketones is 1. The van der Waals surface area contributed by atoms with E-state index in [1.807, 2.05) is 30.3 Å². The van der Waals surface area contributed by atoms with Gasteiger partial charge in [-0.15, -0.1) is 0 Å². The molecule has 2 aliphatic rings. The third-order valence-electron chi connectivity index (χ3n) is 5.24. The number of nitrogens with two attached hydrogens (primary N) is 1. The molecule has 1 heterocycles. The van der Waals surface area contributed by atoms with Gasteiger partial charge >= 0.3 is 0 Å². The summed E-state index contributed by atoms with van der Waals surface area (Å²) in [7, 11) is 0. The summed E-state index contributed by atoms with van der Waals surface area (Å²) in [6.07, 6.45) is 2.76. The maximum absolute atomic E-state index is 12.9. The van der Waals surface area contributed by atoms with Crippen LogP contribution in [0, 0.1) is 0 Å². The van der Waals surface area contributed by atoms with Crippen LogP contribution in [0.5, 0.6) is 0 Å². The van der Waals surface area contributed by atoms with Gasteiger partial charge in [-0.3, -0.25) is 4.79 Å². The Hall–Kier alpha value is -2.33. The number of para-hydroxylation sites is 1. The second-order valence-corrected chi connectivity index (χ2v) is 7.08. The Bertz CT molecular complexity index is 776. The van der Waals surface area contributed by atoms with Gasteiger partial charge < -0.3 is 16.0 Å². The highest BCUT2D eigenvalue weighted by Gasteiger charge is 2.29. The molecule has 1 aliphatic carbocycles. The number of benzene rings is 2. The normalized spacial score (nSPS) is 17.5. The van der Waals surface area contributed by atoms with E-state index in [2.05, 4.69) is 22.3 Å². The lowest BCUT2D eigenvalue weighted by atomic mass is 9.94. The van der Waals surface area contributed by atoms with E-state index in [0.29, 0.717) is 18.0 Å². The molecule has 4 nitrogen and oxygen atoms in total. The first-order valence-electron chi connectivity index (χ1n) is 9.18. The summed E-state index contributed by atoms with van der Waals surface area (Å²) < 4.78 is 0. The van der Waals surface area contributed by atoms with Gasteiger partial charge in [0.25, 0.3) is 0 Å². The fourth-order valence-corrected chi connectivity index (χ4v) is 3.62. The highest BCUT2D eigenvalue weighted by molar-refractivity contribution is 6.00. The first-order valence-corrected chi connectivity index (χ1v) is 9.18. The number of Topliss-reactive ketones (excluding diaryl/α,β-unsaturated/α-hetero) is 1.